The summed E-state index contributed by atoms with van der Waals surface area (Å²) in [5, 5.41) is 5.50. The summed E-state index contributed by atoms with van der Waals surface area (Å²) in [5.41, 5.74) is 2.47. The van der Waals surface area contributed by atoms with Crippen LogP contribution in [0.25, 0.3) is 0 Å². The Bertz CT molecular complexity index is 785. The number of aryl methyl sites for hydroxylation is 1. The average Bonchev–Trinajstić information content (AvgIpc) is 3.20. The van der Waals surface area contributed by atoms with Crippen LogP contribution in [0.4, 0.5) is 5.82 Å². The van der Waals surface area contributed by atoms with Gasteiger partial charge in [-0.1, -0.05) is 18.2 Å². The summed E-state index contributed by atoms with van der Waals surface area (Å²) in [6.45, 7) is 4.32. The van der Waals surface area contributed by atoms with Gasteiger partial charge in [-0.2, -0.15) is 0 Å². The number of hydrogen-bond acceptors (Lipinski definition) is 4. The topological polar surface area (TPSA) is 74.3 Å². The molecule has 1 saturated heterocycles. The van der Waals surface area contributed by atoms with Crippen molar-refractivity contribution in [2.24, 2.45) is 0 Å². The molecule has 1 aliphatic rings. The van der Waals surface area contributed by atoms with Crippen molar-refractivity contribution >= 4 is 17.6 Å². The molecule has 0 spiro atoms. The molecule has 2 amide bonds. The number of rotatable bonds is 6. The van der Waals surface area contributed by atoms with E-state index >= 15 is 0 Å². The number of nitrogens with one attached hydrogen (secondary N) is 2. The van der Waals surface area contributed by atoms with Crippen LogP contribution in [0, 0.1) is 6.92 Å². The van der Waals surface area contributed by atoms with E-state index in [-0.39, 0.29) is 18.4 Å². The zero-order chi connectivity index (χ0) is 18.4. The monoisotopic (exact) mass is 352 g/mol. The van der Waals surface area contributed by atoms with Gasteiger partial charge in [0.2, 0.25) is 5.91 Å². The fraction of sp³-hybridized carbons (Fsp3) is 0.350. The van der Waals surface area contributed by atoms with Crippen LogP contribution in [0.5, 0.6) is 0 Å². The number of nitrogens with zero attached hydrogens (tertiary/aromatic N) is 2. The summed E-state index contributed by atoms with van der Waals surface area (Å²) in [6, 6.07) is 11.2. The van der Waals surface area contributed by atoms with Crippen molar-refractivity contribution in [3.05, 3.63) is 59.3 Å². The molecule has 6 heteroatoms. The molecule has 2 N–H and O–H groups in total. The number of carbonyl (C=O) groups is 2. The Morgan fingerprint density at radius 2 is 1.88 bits per heavy atom. The number of amides is 2. The molecule has 0 bridgehead atoms. The summed E-state index contributed by atoms with van der Waals surface area (Å²) in [6.07, 6.45) is 4.17. The first-order valence-corrected chi connectivity index (χ1v) is 8.94. The highest BCUT2D eigenvalue weighted by atomic mass is 16.2. The molecule has 0 atom stereocenters. The molecule has 0 saturated carbocycles. The lowest BCUT2D eigenvalue weighted by atomic mass is 10.1. The molecule has 3 rings (SSSR count). The van der Waals surface area contributed by atoms with Gasteiger partial charge in [0.1, 0.15) is 5.82 Å². The zero-order valence-corrected chi connectivity index (χ0v) is 15.0. The molecule has 1 aromatic carbocycles. The third kappa shape index (κ3) is 4.59. The Labute approximate surface area is 153 Å². The Kier molecular flexibility index (Phi) is 5.84. The molecule has 1 fully saturated rings. The third-order valence-corrected chi connectivity index (χ3v) is 4.53. The van der Waals surface area contributed by atoms with Gasteiger partial charge in [0.25, 0.3) is 5.91 Å². The van der Waals surface area contributed by atoms with Crippen LogP contribution in [-0.2, 0) is 11.3 Å². The van der Waals surface area contributed by atoms with E-state index in [1.807, 2.05) is 37.3 Å². The molecular formula is C20H24N4O2. The molecular weight excluding hydrogens is 328 g/mol. The standard InChI is InChI=1S/C20H24N4O2/c1-15-6-2-3-7-17(15)20(26)23-14-19(25)22-13-16-8-9-21-18(12-16)24-10-4-5-11-24/h2-3,6-9,12H,4-5,10-11,13-14H2,1H3,(H,22,25)(H,23,26). The van der Waals surface area contributed by atoms with Gasteiger partial charge in [0.15, 0.2) is 0 Å². The van der Waals surface area contributed by atoms with Gasteiger partial charge < -0.3 is 15.5 Å². The summed E-state index contributed by atoms with van der Waals surface area (Å²) in [7, 11) is 0. The van der Waals surface area contributed by atoms with Crippen LogP contribution in [0.15, 0.2) is 42.6 Å². The fourth-order valence-corrected chi connectivity index (χ4v) is 3.04. The normalized spacial score (nSPS) is 13.5. The largest absolute Gasteiger partial charge is 0.357 e. The number of anilines is 1. The van der Waals surface area contributed by atoms with Gasteiger partial charge >= 0.3 is 0 Å². The number of benzene rings is 1. The maximum atomic E-state index is 12.1. The minimum atomic E-state index is -0.238. The zero-order valence-electron chi connectivity index (χ0n) is 15.0. The SMILES string of the molecule is Cc1ccccc1C(=O)NCC(=O)NCc1ccnc(N2CCCC2)c1. The van der Waals surface area contributed by atoms with Gasteiger partial charge in [-0.25, -0.2) is 4.98 Å². The van der Waals surface area contributed by atoms with E-state index in [2.05, 4.69) is 20.5 Å². The van der Waals surface area contributed by atoms with Crippen molar-refractivity contribution in [2.75, 3.05) is 24.5 Å². The first-order valence-electron chi connectivity index (χ1n) is 8.94. The average molecular weight is 352 g/mol. The van der Waals surface area contributed by atoms with Crippen LogP contribution in [0.3, 0.4) is 0 Å². The number of carbonyl (C=O) groups excluding carboxylic acids is 2. The van der Waals surface area contributed by atoms with E-state index in [1.165, 1.54) is 12.8 Å². The Morgan fingerprint density at radius 3 is 2.65 bits per heavy atom. The van der Waals surface area contributed by atoms with E-state index in [1.54, 1.807) is 12.3 Å². The molecule has 0 radical (unpaired) electrons. The predicted molar refractivity (Wildman–Crippen MR) is 101 cm³/mol. The molecule has 136 valence electrons. The fourth-order valence-electron chi connectivity index (χ4n) is 3.04. The Hall–Kier alpha value is -2.89. The second kappa shape index (κ2) is 8.47. The molecule has 26 heavy (non-hydrogen) atoms. The van der Waals surface area contributed by atoms with Crippen molar-refractivity contribution in [3.8, 4) is 0 Å². The maximum absolute atomic E-state index is 12.1. The lowest BCUT2D eigenvalue weighted by Gasteiger charge is -2.17. The summed E-state index contributed by atoms with van der Waals surface area (Å²) >= 11 is 0. The Balaban J connectivity index is 1.47. The van der Waals surface area contributed by atoms with E-state index in [0.29, 0.717) is 12.1 Å². The molecule has 1 aliphatic heterocycles. The second-order valence-electron chi connectivity index (χ2n) is 6.49. The van der Waals surface area contributed by atoms with Gasteiger partial charge in [0.05, 0.1) is 6.54 Å². The van der Waals surface area contributed by atoms with Gasteiger partial charge in [0, 0.05) is 31.4 Å². The molecule has 0 aliphatic carbocycles. The maximum Gasteiger partial charge on any atom is 0.251 e. The van der Waals surface area contributed by atoms with Crippen molar-refractivity contribution in [2.45, 2.75) is 26.3 Å². The summed E-state index contributed by atoms with van der Waals surface area (Å²) < 4.78 is 0. The first-order chi connectivity index (χ1) is 12.6. The van der Waals surface area contributed by atoms with Crippen molar-refractivity contribution < 1.29 is 9.59 Å². The molecule has 2 aromatic rings. The smallest absolute Gasteiger partial charge is 0.251 e. The van der Waals surface area contributed by atoms with Crippen LogP contribution >= 0.6 is 0 Å². The van der Waals surface area contributed by atoms with Crippen molar-refractivity contribution in [1.29, 1.82) is 0 Å². The predicted octanol–water partition coefficient (Wildman–Crippen LogP) is 2.04. The highest BCUT2D eigenvalue weighted by molar-refractivity contribution is 5.97. The Morgan fingerprint density at radius 1 is 1.12 bits per heavy atom. The van der Waals surface area contributed by atoms with Crippen LogP contribution < -0.4 is 15.5 Å². The van der Waals surface area contributed by atoms with E-state index in [9.17, 15) is 9.59 Å². The van der Waals surface area contributed by atoms with Crippen molar-refractivity contribution in [3.63, 3.8) is 0 Å². The molecule has 2 heterocycles. The van der Waals surface area contributed by atoms with Crippen LogP contribution in [0.2, 0.25) is 0 Å². The van der Waals surface area contributed by atoms with Crippen LogP contribution in [0.1, 0.15) is 34.3 Å². The second-order valence-corrected chi connectivity index (χ2v) is 6.49. The van der Waals surface area contributed by atoms with Crippen molar-refractivity contribution in [1.82, 2.24) is 15.6 Å². The van der Waals surface area contributed by atoms with Gasteiger partial charge in [-0.3, -0.25) is 9.59 Å². The third-order valence-electron chi connectivity index (χ3n) is 4.53. The van der Waals surface area contributed by atoms with E-state index in [4.69, 9.17) is 0 Å². The molecule has 1 aromatic heterocycles. The summed E-state index contributed by atoms with van der Waals surface area (Å²) in [4.78, 5) is 30.8. The quantitative estimate of drug-likeness (QED) is 0.834. The van der Waals surface area contributed by atoms with Crippen LogP contribution in [-0.4, -0.2) is 36.4 Å². The highest BCUT2D eigenvalue weighted by Gasteiger charge is 2.14. The lowest BCUT2D eigenvalue weighted by Crippen LogP contribution is -2.36. The number of pyridine rings is 1. The number of aromatic nitrogens is 1. The minimum Gasteiger partial charge on any atom is -0.357 e. The minimum absolute atomic E-state index is 0.0444. The molecule has 6 nitrogen and oxygen atoms in total. The summed E-state index contributed by atoms with van der Waals surface area (Å²) in [5.74, 6) is 0.507. The lowest BCUT2D eigenvalue weighted by molar-refractivity contribution is -0.120. The first kappa shape index (κ1) is 17.9. The van der Waals surface area contributed by atoms with E-state index < -0.39 is 0 Å². The van der Waals surface area contributed by atoms with Gasteiger partial charge in [-0.05, 0) is 49.1 Å². The highest BCUT2D eigenvalue weighted by Crippen LogP contribution is 2.18. The van der Waals surface area contributed by atoms with Gasteiger partial charge in [-0.15, -0.1) is 0 Å². The van der Waals surface area contributed by atoms with E-state index in [0.717, 1.165) is 30.0 Å². The molecule has 0 unspecified atom stereocenters. The number of hydrogen-bond donors (Lipinski definition) is 2.